The molecule has 0 saturated heterocycles. The SMILES string of the molecule is CCNC(=NCc1ccc(O)c(F)c1)N(C)Cc1ncc(-c2ccccc2)[nH]1.I. The van der Waals surface area contributed by atoms with Crippen molar-refractivity contribution in [2.45, 2.75) is 20.0 Å². The average molecular weight is 509 g/mol. The Morgan fingerprint density at radius 1 is 1.24 bits per heavy atom. The number of phenolic OH excluding ortho intramolecular Hbond substituents is 1. The van der Waals surface area contributed by atoms with Crippen LogP contribution in [0.1, 0.15) is 18.3 Å². The molecule has 0 fully saturated rings. The molecule has 0 bridgehead atoms. The highest BCUT2D eigenvalue weighted by atomic mass is 127. The molecule has 6 nitrogen and oxygen atoms in total. The van der Waals surface area contributed by atoms with Crippen LogP contribution in [0.25, 0.3) is 11.3 Å². The molecule has 1 aromatic heterocycles. The Labute approximate surface area is 186 Å². The van der Waals surface area contributed by atoms with Crippen molar-refractivity contribution in [1.82, 2.24) is 20.2 Å². The third kappa shape index (κ3) is 6.18. The van der Waals surface area contributed by atoms with Crippen molar-refractivity contribution >= 4 is 29.9 Å². The first kappa shape index (κ1) is 22.7. The summed E-state index contributed by atoms with van der Waals surface area (Å²) in [5, 5.41) is 12.5. The highest BCUT2D eigenvalue weighted by Gasteiger charge is 2.10. The molecule has 0 aliphatic rings. The minimum absolute atomic E-state index is 0. The molecular formula is C21H25FIN5O. The van der Waals surface area contributed by atoms with Gasteiger partial charge in [0.2, 0.25) is 0 Å². The Hall–Kier alpha value is -2.62. The van der Waals surface area contributed by atoms with E-state index in [0.717, 1.165) is 17.1 Å². The topological polar surface area (TPSA) is 76.5 Å². The van der Waals surface area contributed by atoms with E-state index in [4.69, 9.17) is 0 Å². The molecular weight excluding hydrogens is 484 g/mol. The van der Waals surface area contributed by atoms with Crippen molar-refractivity contribution in [3.05, 3.63) is 71.9 Å². The van der Waals surface area contributed by atoms with Gasteiger partial charge in [0.1, 0.15) is 5.82 Å². The van der Waals surface area contributed by atoms with Gasteiger partial charge in [0.15, 0.2) is 17.5 Å². The maximum absolute atomic E-state index is 13.5. The van der Waals surface area contributed by atoms with E-state index in [1.807, 2.05) is 55.4 Å². The molecule has 3 rings (SSSR count). The van der Waals surface area contributed by atoms with Crippen LogP contribution in [-0.2, 0) is 13.1 Å². The van der Waals surface area contributed by atoms with E-state index in [0.29, 0.717) is 31.2 Å². The number of halogens is 2. The van der Waals surface area contributed by atoms with Gasteiger partial charge >= 0.3 is 0 Å². The van der Waals surface area contributed by atoms with Crippen LogP contribution in [0.2, 0.25) is 0 Å². The van der Waals surface area contributed by atoms with Gasteiger partial charge in [-0.05, 0) is 30.2 Å². The van der Waals surface area contributed by atoms with Crippen molar-refractivity contribution in [3.63, 3.8) is 0 Å². The molecule has 0 amide bonds. The monoisotopic (exact) mass is 509 g/mol. The number of aromatic amines is 1. The maximum Gasteiger partial charge on any atom is 0.194 e. The Bertz CT molecular complexity index is 945. The number of aliphatic imine (C=N–C) groups is 1. The minimum Gasteiger partial charge on any atom is -0.505 e. The quantitative estimate of drug-likeness (QED) is 0.265. The lowest BCUT2D eigenvalue weighted by Gasteiger charge is -2.21. The van der Waals surface area contributed by atoms with Gasteiger partial charge in [-0.1, -0.05) is 36.4 Å². The first-order chi connectivity index (χ1) is 13.6. The first-order valence-corrected chi connectivity index (χ1v) is 9.13. The van der Waals surface area contributed by atoms with Crippen molar-refractivity contribution < 1.29 is 9.50 Å². The van der Waals surface area contributed by atoms with Gasteiger partial charge in [-0.2, -0.15) is 0 Å². The summed E-state index contributed by atoms with van der Waals surface area (Å²) in [4.78, 5) is 14.3. The number of nitrogens with zero attached hydrogens (tertiary/aromatic N) is 3. The highest BCUT2D eigenvalue weighted by molar-refractivity contribution is 14.0. The summed E-state index contributed by atoms with van der Waals surface area (Å²) in [7, 11) is 1.92. The number of phenols is 1. The van der Waals surface area contributed by atoms with Crippen LogP contribution in [0.3, 0.4) is 0 Å². The number of imidazole rings is 1. The van der Waals surface area contributed by atoms with Crippen molar-refractivity contribution in [2.24, 2.45) is 4.99 Å². The zero-order valence-corrected chi connectivity index (χ0v) is 18.7. The molecule has 0 aliphatic heterocycles. The fourth-order valence-corrected chi connectivity index (χ4v) is 2.79. The zero-order valence-electron chi connectivity index (χ0n) is 16.4. The average Bonchev–Trinajstić information content (AvgIpc) is 3.17. The van der Waals surface area contributed by atoms with E-state index < -0.39 is 5.82 Å². The second-order valence-corrected chi connectivity index (χ2v) is 6.42. The molecule has 8 heteroatoms. The van der Waals surface area contributed by atoms with E-state index in [1.165, 1.54) is 12.1 Å². The van der Waals surface area contributed by atoms with Crippen molar-refractivity contribution in [1.29, 1.82) is 0 Å². The summed E-state index contributed by atoms with van der Waals surface area (Å²) in [5.74, 6) is 0.509. The van der Waals surface area contributed by atoms with Gasteiger partial charge < -0.3 is 20.3 Å². The van der Waals surface area contributed by atoms with Crippen LogP contribution >= 0.6 is 24.0 Å². The molecule has 29 heavy (non-hydrogen) atoms. The molecule has 0 unspecified atom stereocenters. The molecule has 0 saturated carbocycles. The van der Waals surface area contributed by atoms with E-state index in [1.54, 1.807) is 6.07 Å². The van der Waals surface area contributed by atoms with Gasteiger partial charge in [-0.25, -0.2) is 14.4 Å². The number of benzene rings is 2. The molecule has 0 aliphatic carbocycles. The fourth-order valence-electron chi connectivity index (χ4n) is 2.79. The number of hydrogen-bond acceptors (Lipinski definition) is 3. The number of aromatic nitrogens is 2. The predicted octanol–water partition coefficient (Wildman–Crippen LogP) is 4.14. The van der Waals surface area contributed by atoms with E-state index in [2.05, 4.69) is 20.3 Å². The second-order valence-electron chi connectivity index (χ2n) is 6.42. The Morgan fingerprint density at radius 2 is 2.00 bits per heavy atom. The number of aromatic hydroxyl groups is 1. The molecule has 1 heterocycles. The van der Waals surface area contributed by atoms with Crippen LogP contribution in [-0.4, -0.2) is 39.5 Å². The Morgan fingerprint density at radius 3 is 2.69 bits per heavy atom. The summed E-state index contributed by atoms with van der Waals surface area (Å²) in [6.07, 6.45) is 1.82. The Balaban J connectivity index is 0.00000300. The number of guanidine groups is 1. The minimum atomic E-state index is -0.643. The summed E-state index contributed by atoms with van der Waals surface area (Å²) in [6.45, 7) is 3.55. The molecule has 0 atom stereocenters. The second kappa shape index (κ2) is 10.8. The number of rotatable bonds is 6. The van der Waals surface area contributed by atoms with Crippen LogP contribution in [0.15, 0.2) is 59.7 Å². The maximum atomic E-state index is 13.5. The standard InChI is InChI=1S/C21H24FN5O.HI/c1-3-23-21(25-12-15-9-10-19(28)17(22)11-15)27(2)14-20-24-13-18(26-20)16-7-5-4-6-8-16;/h4-11,13,28H,3,12,14H2,1-2H3,(H,23,25)(H,24,26);1H. The number of hydrogen-bond donors (Lipinski definition) is 3. The Kier molecular flexibility index (Phi) is 8.44. The van der Waals surface area contributed by atoms with Crippen molar-refractivity contribution in [2.75, 3.05) is 13.6 Å². The third-order valence-electron chi connectivity index (χ3n) is 4.22. The van der Waals surface area contributed by atoms with Gasteiger partial charge in [-0.3, -0.25) is 0 Å². The van der Waals surface area contributed by atoms with Crippen LogP contribution in [0.5, 0.6) is 5.75 Å². The summed E-state index contributed by atoms with van der Waals surface area (Å²) in [6, 6.07) is 14.3. The molecule has 154 valence electrons. The fraction of sp³-hybridized carbons (Fsp3) is 0.238. The molecule has 0 radical (unpaired) electrons. The van der Waals surface area contributed by atoms with Crippen molar-refractivity contribution in [3.8, 4) is 17.0 Å². The zero-order chi connectivity index (χ0) is 19.9. The lowest BCUT2D eigenvalue weighted by molar-refractivity contribution is 0.431. The van der Waals surface area contributed by atoms with Crippen LogP contribution < -0.4 is 5.32 Å². The predicted molar refractivity (Wildman–Crippen MR) is 124 cm³/mol. The molecule has 3 N–H and O–H groups in total. The van der Waals surface area contributed by atoms with Crippen LogP contribution in [0, 0.1) is 5.82 Å². The smallest absolute Gasteiger partial charge is 0.194 e. The first-order valence-electron chi connectivity index (χ1n) is 9.13. The number of nitrogens with one attached hydrogen (secondary N) is 2. The summed E-state index contributed by atoms with van der Waals surface area (Å²) in [5.41, 5.74) is 2.73. The normalized spacial score (nSPS) is 11.1. The van der Waals surface area contributed by atoms with Gasteiger partial charge in [0.05, 0.1) is 25.0 Å². The third-order valence-corrected chi connectivity index (χ3v) is 4.22. The van der Waals surface area contributed by atoms with Crippen LogP contribution in [0.4, 0.5) is 4.39 Å². The van der Waals surface area contributed by atoms with Gasteiger partial charge in [0, 0.05) is 13.6 Å². The van der Waals surface area contributed by atoms with Gasteiger partial charge in [0.25, 0.3) is 0 Å². The largest absolute Gasteiger partial charge is 0.505 e. The van der Waals surface area contributed by atoms with E-state index in [9.17, 15) is 9.50 Å². The molecule has 3 aromatic rings. The summed E-state index contributed by atoms with van der Waals surface area (Å²) < 4.78 is 13.5. The van der Waals surface area contributed by atoms with Gasteiger partial charge in [-0.15, -0.1) is 24.0 Å². The molecule has 2 aromatic carbocycles. The molecule has 0 spiro atoms. The lowest BCUT2D eigenvalue weighted by Crippen LogP contribution is -2.38. The number of H-pyrrole nitrogens is 1. The summed E-state index contributed by atoms with van der Waals surface area (Å²) >= 11 is 0. The van der Waals surface area contributed by atoms with E-state index >= 15 is 0 Å². The highest BCUT2D eigenvalue weighted by Crippen LogP contribution is 2.18. The van der Waals surface area contributed by atoms with E-state index in [-0.39, 0.29) is 29.7 Å². The lowest BCUT2D eigenvalue weighted by atomic mass is 10.2.